The molecule has 1 N–H and O–H groups in total. The van der Waals surface area contributed by atoms with Gasteiger partial charge in [-0.25, -0.2) is 4.79 Å². The van der Waals surface area contributed by atoms with Gasteiger partial charge in [0.15, 0.2) is 5.76 Å². The summed E-state index contributed by atoms with van der Waals surface area (Å²) in [5.41, 5.74) is 0.979. The van der Waals surface area contributed by atoms with E-state index in [4.69, 9.17) is 13.9 Å². The molecule has 1 aromatic carbocycles. The van der Waals surface area contributed by atoms with Crippen LogP contribution in [0.25, 0.3) is 6.08 Å². The van der Waals surface area contributed by atoms with E-state index in [1.165, 1.54) is 6.07 Å². The number of carbonyl (C=O) groups excluding carboxylic acids is 2. The molecule has 0 spiro atoms. The maximum atomic E-state index is 12.8. The zero-order valence-electron chi connectivity index (χ0n) is 17.0. The Kier molecular flexibility index (Phi) is 5.50. The number of nitrogens with zero attached hydrogens (tertiary/aromatic N) is 2. The molecule has 0 aliphatic carbocycles. The number of carbonyl (C=O) groups is 2. The summed E-state index contributed by atoms with van der Waals surface area (Å²) in [5.74, 6) is 1.65. The van der Waals surface area contributed by atoms with Gasteiger partial charge in [-0.15, -0.1) is 0 Å². The van der Waals surface area contributed by atoms with Crippen molar-refractivity contribution in [2.45, 2.75) is 20.4 Å². The molecule has 8 nitrogen and oxygen atoms in total. The number of benzene rings is 1. The molecule has 158 valence electrons. The Morgan fingerprint density at radius 3 is 2.63 bits per heavy atom. The lowest BCUT2D eigenvalue weighted by Crippen LogP contribution is -2.48. The van der Waals surface area contributed by atoms with Gasteiger partial charge in [-0.3, -0.25) is 9.69 Å². The molecule has 30 heavy (non-hydrogen) atoms. The number of hydrogen-bond acceptors (Lipinski definition) is 7. The molecule has 4 rings (SSSR count). The lowest BCUT2D eigenvalue weighted by atomic mass is 10.0. The van der Waals surface area contributed by atoms with Gasteiger partial charge in [0.2, 0.25) is 5.78 Å². The zero-order chi connectivity index (χ0) is 21.3. The predicted molar refractivity (Wildman–Crippen MR) is 108 cm³/mol. The number of Topliss-reactive ketones (excluding diaryl/α,β-unsaturated/α-hetero) is 1. The first-order valence-electron chi connectivity index (χ1n) is 9.96. The number of ether oxygens (including phenoxy) is 2. The van der Waals surface area contributed by atoms with E-state index >= 15 is 0 Å². The number of ketones is 1. The Bertz CT molecular complexity index is 1000. The zero-order valence-corrected chi connectivity index (χ0v) is 17.0. The normalized spacial score (nSPS) is 17.9. The van der Waals surface area contributed by atoms with Gasteiger partial charge in [-0.1, -0.05) is 0 Å². The van der Waals surface area contributed by atoms with Gasteiger partial charge in [-0.05, 0) is 38.1 Å². The number of allylic oxidation sites excluding steroid dienone is 1. The van der Waals surface area contributed by atoms with Crippen LogP contribution in [0.2, 0.25) is 0 Å². The van der Waals surface area contributed by atoms with Crippen LogP contribution in [-0.4, -0.2) is 59.6 Å². The number of phenolic OH excluding ortho intramolecular Hbond substituents is 1. The van der Waals surface area contributed by atoms with E-state index in [0.29, 0.717) is 62.0 Å². The number of aryl methyl sites for hydroxylation is 1. The third-order valence-corrected chi connectivity index (χ3v) is 5.23. The quantitative estimate of drug-likeness (QED) is 0.771. The van der Waals surface area contributed by atoms with Gasteiger partial charge in [0.25, 0.3) is 0 Å². The summed E-state index contributed by atoms with van der Waals surface area (Å²) in [6.45, 7) is 6.70. The Hall–Kier alpha value is -3.26. The van der Waals surface area contributed by atoms with Gasteiger partial charge >= 0.3 is 6.09 Å². The SMILES string of the molecule is CCOC(=O)N1CCN(Cc2c(O)ccc3c2O/C(=C/c2ccc(C)o2)C3=O)CC1. The van der Waals surface area contributed by atoms with Crippen molar-refractivity contribution in [3.05, 3.63) is 52.7 Å². The minimum atomic E-state index is -0.308. The topological polar surface area (TPSA) is 92.5 Å². The fourth-order valence-corrected chi connectivity index (χ4v) is 3.64. The highest BCUT2D eigenvalue weighted by atomic mass is 16.6. The minimum absolute atomic E-state index is 0.0736. The standard InChI is InChI=1S/C22H24N2O6/c1-3-28-22(27)24-10-8-23(9-11-24)13-17-18(25)7-6-16-20(26)19(30-21(16)17)12-15-5-4-14(2)29-15/h4-7,12,25H,3,8-11,13H2,1-2H3/b19-12+. The van der Waals surface area contributed by atoms with Crippen molar-refractivity contribution < 1.29 is 28.6 Å². The number of amides is 1. The first-order valence-corrected chi connectivity index (χ1v) is 9.96. The van der Waals surface area contributed by atoms with Gasteiger partial charge in [0.1, 0.15) is 23.0 Å². The molecule has 1 fully saturated rings. The van der Waals surface area contributed by atoms with Crippen molar-refractivity contribution >= 4 is 18.0 Å². The molecule has 1 amide bonds. The molecule has 0 saturated carbocycles. The van der Waals surface area contributed by atoms with E-state index in [9.17, 15) is 14.7 Å². The third-order valence-electron chi connectivity index (χ3n) is 5.23. The molecule has 3 heterocycles. The van der Waals surface area contributed by atoms with Crippen molar-refractivity contribution in [3.63, 3.8) is 0 Å². The van der Waals surface area contributed by atoms with Crippen LogP contribution in [0.4, 0.5) is 4.79 Å². The molecule has 8 heteroatoms. The Morgan fingerprint density at radius 1 is 1.20 bits per heavy atom. The first-order chi connectivity index (χ1) is 14.5. The second-order valence-electron chi connectivity index (χ2n) is 7.29. The maximum Gasteiger partial charge on any atom is 0.409 e. The van der Waals surface area contributed by atoms with Crippen LogP contribution in [0.3, 0.4) is 0 Å². The van der Waals surface area contributed by atoms with Gasteiger partial charge < -0.3 is 23.9 Å². The molecule has 2 aliphatic heterocycles. The molecule has 2 aliphatic rings. The molecule has 0 unspecified atom stereocenters. The minimum Gasteiger partial charge on any atom is -0.507 e. The lowest BCUT2D eigenvalue weighted by molar-refractivity contribution is 0.0774. The number of hydrogen-bond donors (Lipinski definition) is 1. The van der Waals surface area contributed by atoms with Gasteiger partial charge in [0, 0.05) is 38.8 Å². The summed E-state index contributed by atoms with van der Waals surface area (Å²) in [7, 11) is 0. The van der Waals surface area contributed by atoms with E-state index in [0.717, 1.165) is 5.76 Å². The van der Waals surface area contributed by atoms with Crippen LogP contribution in [0.15, 0.2) is 34.4 Å². The fraction of sp³-hybridized carbons (Fsp3) is 0.364. The summed E-state index contributed by atoms with van der Waals surface area (Å²) >= 11 is 0. The van der Waals surface area contributed by atoms with Crippen molar-refractivity contribution in [3.8, 4) is 11.5 Å². The highest BCUT2D eigenvalue weighted by Gasteiger charge is 2.32. The highest BCUT2D eigenvalue weighted by molar-refractivity contribution is 6.14. The number of rotatable bonds is 4. The highest BCUT2D eigenvalue weighted by Crippen LogP contribution is 2.40. The van der Waals surface area contributed by atoms with Gasteiger partial charge in [0.05, 0.1) is 17.7 Å². The van der Waals surface area contributed by atoms with Crippen LogP contribution in [0.5, 0.6) is 11.5 Å². The largest absolute Gasteiger partial charge is 0.507 e. The number of aromatic hydroxyl groups is 1. The Balaban J connectivity index is 1.50. The molecule has 1 saturated heterocycles. The molecule has 0 bridgehead atoms. The summed E-state index contributed by atoms with van der Waals surface area (Å²) in [4.78, 5) is 28.4. The van der Waals surface area contributed by atoms with E-state index in [2.05, 4.69) is 4.90 Å². The van der Waals surface area contributed by atoms with E-state index in [-0.39, 0.29) is 23.4 Å². The molecule has 0 atom stereocenters. The monoisotopic (exact) mass is 412 g/mol. The maximum absolute atomic E-state index is 12.8. The second-order valence-corrected chi connectivity index (χ2v) is 7.29. The van der Waals surface area contributed by atoms with Crippen molar-refractivity contribution in [1.82, 2.24) is 9.80 Å². The summed E-state index contributed by atoms with van der Waals surface area (Å²) in [6.07, 6.45) is 1.26. The van der Waals surface area contributed by atoms with Crippen LogP contribution in [0.1, 0.15) is 34.4 Å². The summed E-state index contributed by atoms with van der Waals surface area (Å²) in [5, 5.41) is 10.4. The molecular formula is C22H24N2O6. The molecule has 2 aromatic rings. The number of furan rings is 1. The molecular weight excluding hydrogens is 388 g/mol. The average molecular weight is 412 g/mol. The van der Waals surface area contributed by atoms with Crippen molar-refractivity contribution in [2.75, 3.05) is 32.8 Å². The third kappa shape index (κ3) is 3.91. The lowest BCUT2D eigenvalue weighted by Gasteiger charge is -2.34. The summed E-state index contributed by atoms with van der Waals surface area (Å²) < 4.78 is 16.4. The second kappa shape index (κ2) is 8.23. The van der Waals surface area contributed by atoms with Crippen LogP contribution < -0.4 is 4.74 Å². The van der Waals surface area contributed by atoms with Crippen LogP contribution >= 0.6 is 0 Å². The Labute approximate surface area is 174 Å². The smallest absolute Gasteiger partial charge is 0.409 e. The first kappa shape index (κ1) is 20.0. The van der Waals surface area contributed by atoms with Crippen LogP contribution in [-0.2, 0) is 11.3 Å². The van der Waals surface area contributed by atoms with Gasteiger partial charge in [-0.2, -0.15) is 0 Å². The van der Waals surface area contributed by atoms with E-state index in [1.807, 2.05) is 13.0 Å². The number of phenols is 1. The predicted octanol–water partition coefficient (Wildman–Crippen LogP) is 3.18. The number of piperazine rings is 1. The summed E-state index contributed by atoms with van der Waals surface area (Å²) in [6, 6.07) is 6.67. The molecule has 1 aromatic heterocycles. The van der Waals surface area contributed by atoms with Crippen molar-refractivity contribution in [1.29, 1.82) is 0 Å². The van der Waals surface area contributed by atoms with Crippen LogP contribution in [0, 0.1) is 6.92 Å². The average Bonchev–Trinajstić information content (AvgIpc) is 3.28. The van der Waals surface area contributed by atoms with E-state index in [1.54, 1.807) is 30.0 Å². The number of fused-ring (bicyclic) bond motifs is 1. The van der Waals surface area contributed by atoms with E-state index < -0.39 is 0 Å². The molecule has 0 radical (unpaired) electrons. The van der Waals surface area contributed by atoms with Crippen molar-refractivity contribution in [2.24, 2.45) is 0 Å². The fourth-order valence-electron chi connectivity index (χ4n) is 3.64. The Morgan fingerprint density at radius 2 is 1.97 bits per heavy atom.